The van der Waals surface area contributed by atoms with Gasteiger partial charge in [0.15, 0.2) is 0 Å². The molecule has 0 saturated heterocycles. The summed E-state index contributed by atoms with van der Waals surface area (Å²) in [5.41, 5.74) is 0.388. The lowest BCUT2D eigenvalue weighted by Crippen LogP contribution is -2.49. The van der Waals surface area contributed by atoms with Crippen LogP contribution in [0.25, 0.3) is 0 Å². The molecule has 0 bridgehead atoms. The Balaban J connectivity index is 1.49. The summed E-state index contributed by atoms with van der Waals surface area (Å²) in [6.07, 6.45) is 3.91. The number of alkyl halides is 3. The van der Waals surface area contributed by atoms with Crippen molar-refractivity contribution >= 4 is 23.4 Å². The molecule has 0 aliphatic heterocycles. The van der Waals surface area contributed by atoms with Gasteiger partial charge in [-0.2, -0.15) is 18.3 Å². The van der Waals surface area contributed by atoms with Crippen molar-refractivity contribution in [3.63, 3.8) is 0 Å². The molecule has 2 aromatic rings. The SMILES string of the molecule is CCn1nccc1C(=O)N[C@H](C(=O)Nc1ccc([C@H](C)C(=O)N(CC2CC2)CC(F)(F)F)cc1F)C1CCCCCC1. The minimum absolute atomic E-state index is 0.0205. The lowest BCUT2D eigenvalue weighted by Gasteiger charge is -2.27. The lowest BCUT2D eigenvalue weighted by atomic mass is 9.90. The number of aryl methyl sites for hydroxylation is 1. The predicted molar refractivity (Wildman–Crippen MR) is 149 cm³/mol. The standard InChI is InChI=1S/C30H39F4N5O3/c1-3-39-25(14-15-35-39)27(40)37-26(21-8-6-4-5-7-9-21)28(41)36-24-13-12-22(16-23(24)31)19(2)29(42)38(17-20-10-11-20)18-30(32,33)34/h12-16,19-21,26H,3-11,17-18H2,1-2H3,(H,36,41)(H,37,40)/t19-,26-/m0/s1. The Kier molecular flexibility index (Phi) is 10.3. The van der Waals surface area contributed by atoms with Crippen molar-refractivity contribution < 1.29 is 31.9 Å². The number of nitrogens with one attached hydrogen (secondary N) is 2. The molecule has 2 N–H and O–H groups in total. The van der Waals surface area contributed by atoms with E-state index in [4.69, 9.17) is 0 Å². The normalized spacial score (nSPS) is 17.7. The van der Waals surface area contributed by atoms with E-state index in [-0.39, 0.29) is 29.6 Å². The van der Waals surface area contributed by atoms with E-state index in [0.29, 0.717) is 12.2 Å². The van der Waals surface area contributed by atoms with Crippen molar-refractivity contribution in [3.05, 3.63) is 47.5 Å². The van der Waals surface area contributed by atoms with E-state index in [1.807, 2.05) is 6.92 Å². The number of amides is 3. The summed E-state index contributed by atoms with van der Waals surface area (Å²) in [7, 11) is 0. The number of nitrogens with zero attached hydrogens (tertiary/aromatic N) is 3. The van der Waals surface area contributed by atoms with Crippen LogP contribution in [0.15, 0.2) is 30.5 Å². The molecule has 2 saturated carbocycles. The van der Waals surface area contributed by atoms with Gasteiger partial charge in [-0.15, -0.1) is 0 Å². The number of aromatic nitrogens is 2. The number of hydrogen-bond donors (Lipinski definition) is 2. The zero-order chi connectivity index (χ0) is 30.4. The van der Waals surface area contributed by atoms with E-state index in [1.54, 1.807) is 6.07 Å². The van der Waals surface area contributed by atoms with Crippen LogP contribution in [0.5, 0.6) is 0 Å². The first-order chi connectivity index (χ1) is 20.0. The number of halogens is 4. The van der Waals surface area contributed by atoms with E-state index in [2.05, 4.69) is 15.7 Å². The minimum Gasteiger partial charge on any atom is -0.339 e. The van der Waals surface area contributed by atoms with Crippen molar-refractivity contribution in [1.82, 2.24) is 20.0 Å². The second-order valence-electron chi connectivity index (χ2n) is 11.5. The average molecular weight is 594 g/mol. The fraction of sp³-hybridized carbons (Fsp3) is 0.600. The average Bonchev–Trinajstić information content (AvgIpc) is 3.70. The molecule has 1 aromatic heterocycles. The second-order valence-corrected chi connectivity index (χ2v) is 11.5. The monoisotopic (exact) mass is 593 g/mol. The van der Waals surface area contributed by atoms with Gasteiger partial charge in [-0.1, -0.05) is 31.7 Å². The summed E-state index contributed by atoms with van der Waals surface area (Å²) in [5, 5.41) is 9.56. The van der Waals surface area contributed by atoms with E-state index in [0.717, 1.165) is 62.3 Å². The Morgan fingerprint density at radius 2 is 1.76 bits per heavy atom. The van der Waals surface area contributed by atoms with Crippen LogP contribution in [0.4, 0.5) is 23.2 Å². The maximum atomic E-state index is 15.3. The molecule has 230 valence electrons. The summed E-state index contributed by atoms with van der Waals surface area (Å²) in [5.74, 6) is -3.64. The number of carbonyl (C=O) groups excluding carboxylic acids is 3. The minimum atomic E-state index is -4.54. The molecule has 0 spiro atoms. The molecule has 1 aromatic carbocycles. The Labute approximate surface area is 243 Å². The number of hydrogen-bond acceptors (Lipinski definition) is 4. The molecule has 0 unspecified atom stereocenters. The molecule has 12 heteroatoms. The maximum absolute atomic E-state index is 15.3. The molecule has 1 heterocycles. The van der Waals surface area contributed by atoms with Crippen LogP contribution < -0.4 is 10.6 Å². The number of rotatable bonds is 11. The highest BCUT2D eigenvalue weighted by Gasteiger charge is 2.38. The molecular weight excluding hydrogens is 554 g/mol. The Bertz CT molecular complexity index is 1250. The van der Waals surface area contributed by atoms with Crippen LogP contribution in [0.1, 0.15) is 87.2 Å². The summed E-state index contributed by atoms with van der Waals surface area (Å²) in [6, 6.07) is 4.47. The Hall–Kier alpha value is -3.44. The third-order valence-electron chi connectivity index (χ3n) is 8.17. The summed E-state index contributed by atoms with van der Waals surface area (Å²) < 4.78 is 56.2. The zero-order valence-electron chi connectivity index (χ0n) is 24.1. The smallest absolute Gasteiger partial charge is 0.339 e. The fourth-order valence-corrected chi connectivity index (χ4v) is 5.62. The first-order valence-corrected chi connectivity index (χ1v) is 14.7. The lowest BCUT2D eigenvalue weighted by molar-refractivity contribution is -0.162. The van der Waals surface area contributed by atoms with Crippen LogP contribution in [0.2, 0.25) is 0 Å². The molecule has 2 aliphatic rings. The molecule has 4 rings (SSSR count). The van der Waals surface area contributed by atoms with Crippen LogP contribution in [0, 0.1) is 17.7 Å². The van der Waals surface area contributed by atoms with Crippen LogP contribution in [-0.2, 0) is 16.1 Å². The van der Waals surface area contributed by atoms with Crippen molar-refractivity contribution in [3.8, 4) is 0 Å². The van der Waals surface area contributed by atoms with Crippen molar-refractivity contribution in [2.24, 2.45) is 11.8 Å². The van der Waals surface area contributed by atoms with E-state index in [9.17, 15) is 27.6 Å². The second kappa shape index (κ2) is 13.7. The molecule has 3 amide bonds. The molecule has 8 nitrogen and oxygen atoms in total. The maximum Gasteiger partial charge on any atom is 0.406 e. The van der Waals surface area contributed by atoms with Gasteiger partial charge in [0.05, 0.1) is 11.6 Å². The van der Waals surface area contributed by atoms with Gasteiger partial charge in [0.2, 0.25) is 11.8 Å². The largest absolute Gasteiger partial charge is 0.406 e. The molecule has 2 atom stereocenters. The van der Waals surface area contributed by atoms with Gasteiger partial charge in [0.25, 0.3) is 5.91 Å². The third kappa shape index (κ3) is 8.32. The van der Waals surface area contributed by atoms with Gasteiger partial charge < -0.3 is 15.5 Å². The highest BCUT2D eigenvalue weighted by molar-refractivity contribution is 6.00. The van der Waals surface area contributed by atoms with Gasteiger partial charge in [0, 0.05) is 19.3 Å². The van der Waals surface area contributed by atoms with Gasteiger partial charge >= 0.3 is 6.18 Å². The first kappa shape index (κ1) is 31.5. The van der Waals surface area contributed by atoms with Crippen molar-refractivity contribution in [2.45, 2.75) is 89.9 Å². The summed E-state index contributed by atoms with van der Waals surface area (Å²) >= 11 is 0. The topological polar surface area (TPSA) is 96.3 Å². The molecule has 0 radical (unpaired) electrons. The Morgan fingerprint density at radius 1 is 1.07 bits per heavy atom. The van der Waals surface area contributed by atoms with Gasteiger partial charge in [-0.05, 0) is 75.1 Å². The van der Waals surface area contributed by atoms with Crippen LogP contribution >= 0.6 is 0 Å². The highest BCUT2D eigenvalue weighted by Crippen LogP contribution is 2.33. The molecule has 42 heavy (non-hydrogen) atoms. The highest BCUT2D eigenvalue weighted by atomic mass is 19.4. The van der Waals surface area contributed by atoms with Gasteiger partial charge in [-0.3, -0.25) is 19.1 Å². The molecule has 2 aliphatic carbocycles. The van der Waals surface area contributed by atoms with Crippen molar-refractivity contribution in [2.75, 3.05) is 18.4 Å². The summed E-state index contributed by atoms with van der Waals surface area (Å²) in [4.78, 5) is 40.4. The molecular formula is C30H39F4N5O3. The zero-order valence-corrected chi connectivity index (χ0v) is 24.1. The van der Waals surface area contributed by atoms with Gasteiger partial charge in [-0.25, -0.2) is 4.39 Å². The number of anilines is 1. The van der Waals surface area contributed by atoms with Crippen LogP contribution in [-0.4, -0.2) is 57.7 Å². The van der Waals surface area contributed by atoms with E-state index in [1.165, 1.54) is 29.9 Å². The Morgan fingerprint density at radius 3 is 2.36 bits per heavy atom. The third-order valence-corrected chi connectivity index (χ3v) is 8.17. The van der Waals surface area contributed by atoms with E-state index >= 15 is 4.39 Å². The summed E-state index contributed by atoms with van der Waals surface area (Å²) in [6.45, 7) is 2.44. The quantitative estimate of drug-likeness (QED) is 0.260. The van der Waals surface area contributed by atoms with Gasteiger partial charge in [0.1, 0.15) is 24.1 Å². The molecule has 2 fully saturated rings. The first-order valence-electron chi connectivity index (χ1n) is 14.7. The predicted octanol–water partition coefficient (Wildman–Crippen LogP) is 5.65. The van der Waals surface area contributed by atoms with Crippen LogP contribution in [0.3, 0.4) is 0 Å². The number of carbonyl (C=O) groups is 3. The van der Waals surface area contributed by atoms with E-state index < -0.39 is 48.2 Å². The fourth-order valence-electron chi connectivity index (χ4n) is 5.62. The number of benzene rings is 1. The van der Waals surface area contributed by atoms with Crippen molar-refractivity contribution in [1.29, 1.82) is 0 Å².